The van der Waals surface area contributed by atoms with Gasteiger partial charge in [-0.1, -0.05) is 25.7 Å². The Bertz CT molecular complexity index is 154. The Morgan fingerprint density at radius 3 is 1.83 bits per heavy atom. The first-order valence-corrected chi connectivity index (χ1v) is 3.42. The number of hydrogen-bond donors (Lipinski definition) is 0. The number of halogens is 3. The van der Waals surface area contributed by atoms with Crippen LogP contribution in [0.25, 0.3) is 0 Å². The van der Waals surface area contributed by atoms with E-state index in [-0.39, 0.29) is 0 Å². The van der Waals surface area contributed by atoms with Gasteiger partial charge in [-0.15, -0.1) is 13.2 Å². The molecule has 0 bridgehead atoms. The number of alkyl halides is 3. The summed E-state index contributed by atoms with van der Waals surface area (Å²) in [6.45, 7) is 10.7. The van der Waals surface area contributed by atoms with Crippen LogP contribution in [0.15, 0.2) is 37.5 Å². The standard InChI is InChI=1S/C7H9F3.C2H4/c1-3-5-6(4-2)7(8,9)10;1-2/h4-5H,2-3H2,1H3;1-2H2/b6-5+;. The molecule has 3 heteroatoms. The minimum atomic E-state index is -4.24. The summed E-state index contributed by atoms with van der Waals surface area (Å²) < 4.78 is 35.3. The third kappa shape index (κ3) is 5.77. The Morgan fingerprint density at radius 2 is 1.75 bits per heavy atom. The molecule has 0 saturated carbocycles. The van der Waals surface area contributed by atoms with Gasteiger partial charge in [0.25, 0.3) is 0 Å². The molecule has 0 aromatic carbocycles. The molecule has 0 amide bonds. The van der Waals surface area contributed by atoms with Crippen molar-refractivity contribution in [2.24, 2.45) is 0 Å². The molecule has 0 aliphatic heterocycles. The molecule has 0 heterocycles. The van der Waals surface area contributed by atoms with Crippen molar-refractivity contribution in [3.63, 3.8) is 0 Å². The molecule has 0 aromatic heterocycles. The Kier molecular flexibility index (Phi) is 7.59. The van der Waals surface area contributed by atoms with Crippen LogP contribution in [0.5, 0.6) is 0 Å². The lowest BCUT2D eigenvalue weighted by Gasteiger charge is -2.05. The molecule has 0 aliphatic carbocycles. The van der Waals surface area contributed by atoms with E-state index in [9.17, 15) is 13.2 Å². The van der Waals surface area contributed by atoms with E-state index in [1.54, 1.807) is 6.92 Å². The van der Waals surface area contributed by atoms with Crippen molar-refractivity contribution < 1.29 is 13.2 Å². The zero-order valence-electron chi connectivity index (χ0n) is 7.12. The maximum absolute atomic E-state index is 11.8. The molecule has 0 aromatic rings. The van der Waals surface area contributed by atoms with Crippen LogP contribution in [0, 0.1) is 0 Å². The highest BCUT2D eigenvalue weighted by Crippen LogP contribution is 2.26. The zero-order valence-corrected chi connectivity index (χ0v) is 7.12. The van der Waals surface area contributed by atoms with Gasteiger partial charge in [0.1, 0.15) is 0 Å². The van der Waals surface area contributed by atoms with Gasteiger partial charge >= 0.3 is 6.18 Å². The summed E-state index contributed by atoms with van der Waals surface area (Å²) in [6.07, 6.45) is -1.94. The molecular weight excluding hydrogens is 165 g/mol. The molecule has 0 nitrogen and oxygen atoms in total. The van der Waals surface area contributed by atoms with Crippen molar-refractivity contribution in [3.8, 4) is 0 Å². The van der Waals surface area contributed by atoms with E-state index >= 15 is 0 Å². The first kappa shape index (κ1) is 13.6. The minimum Gasteiger partial charge on any atom is -0.166 e. The first-order valence-electron chi connectivity index (χ1n) is 3.42. The van der Waals surface area contributed by atoms with Crippen molar-refractivity contribution in [1.82, 2.24) is 0 Å². The van der Waals surface area contributed by atoms with Gasteiger partial charge in [0, 0.05) is 0 Å². The average molecular weight is 178 g/mol. The smallest absolute Gasteiger partial charge is 0.166 e. The summed E-state index contributed by atoms with van der Waals surface area (Å²) in [5.74, 6) is 0. The number of hydrogen-bond acceptors (Lipinski definition) is 0. The summed E-state index contributed by atoms with van der Waals surface area (Å²) in [6, 6.07) is 0. The monoisotopic (exact) mass is 178 g/mol. The second-order valence-electron chi connectivity index (χ2n) is 1.77. The number of allylic oxidation sites excluding steroid dienone is 3. The largest absolute Gasteiger partial charge is 0.416 e. The van der Waals surface area contributed by atoms with Crippen LogP contribution in [-0.4, -0.2) is 6.18 Å². The van der Waals surface area contributed by atoms with E-state index in [1.807, 2.05) is 0 Å². The van der Waals surface area contributed by atoms with Crippen molar-refractivity contribution in [3.05, 3.63) is 37.5 Å². The van der Waals surface area contributed by atoms with Crippen LogP contribution < -0.4 is 0 Å². The minimum absolute atomic E-state index is 0.376. The van der Waals surface area contributed by atoms with Crippen LogP contribution in [0.2, 0.25) is 0 Å². The van der Waals surface area contributed by atoms with Crippen LogP contribution >= 0.6 is 0 Å². The highest BCUT2D eigenvalue weighted by atomic mass is 19.4. The molecule has 0 fully saturated rings. The van der Waals surface area contributed by atoms with Crippen LogP contribution in [0.4, 0.5) is 13.2 Å². The van der Waals surface area contributed by atoms with Crippen LogP contribution in [0.3, 0.4) is 0 Å². The lowest BCUT2D eigenvalue weighted by Crippen LogP contribution is -2.09. The van der Waals surface area contributed by atoms with Crippen LogP contribution in [-0.2, 0) is 0 Å². The van der Waals surface area contributed by atoms with E-state index in [1.165, 1.54) is 0 Å². The second kappa shape index (κ2) is 6.70. The third-order valence-electron chi connectivity index (χ3n) is 0.971. The van der Waals surface area contributed by atoms with Crippen molar-refractivity contribution >= 4 is 0 Å². The fourth-order valence-corrected chi connectivity index (χ4v) is 0.535. The van der Waals surface area contributed by atoms with Gasteiger partial charge in [-0.2, -0.15) is 13.2 Å². The molecule has 0 aliphatic rings. The maximum atomic E-state index is 11.8. The normalized spacial score (nSPS) is 11.5. The van der Waals surface area contributed by atoms with Gasteiger partial charge in [-0.05, 0) is 6.42 Å². The molecular formula is C9H13F3. The van der Waals surface area contributed by atoms with Crippen molar-refractivity contribution in [1.29, 1.82) is 0 Å². The summed E-state index contributed by atoms with van der Waals surface area (Å²) in [7, 11) is 0. The first-order chi connectivity index (χ1) is 5.52. The van der Waals surface area contributed by atoms with E-state index in [2.05, 4.69) is 19.7 Å². The summed E-state index contributed by atoms with van der Waals surface area (Å²) in [5, 5.41) is 0. The fourth-order valence-electron chi connectivity index (χ4n) is 0.535. The van der Waals surface area contributed by atoms with E-state index < -0.39 is 11.7 Å². The average Bonchev–Trinajstić information content (AvgIpc) is 2.02. The van der Waals surface area contributed by atoms with Gasteiger partial charge in [-0.3, -0.25) is 0 Å². The molecule has 0 N–H and O–H groups in total. The molecule has 0 spiro atoms. The van der Waals surface area contributed by atoms with Crippen LogP contribution in [0.1, 0.15) is 13.3 Å². The van der Waals surface area contributed by atoms with Crippen molar-refractivity contribution in [2.75, 3.05) is 0 Å². The molecule has 0 rings (SSSR count). The SMILES string of the molecule is C=C.C=C/C(=C\CC)C(F)(F)F. The summed E-state index contributed by atoms with van der Waals surface area (Å²) >= 11 is 0. The quantitative estimate of drug-likeness (QED) is 0.444. The highest BCUT2D eigenvalue weighted by molar-refractivity contribution is 5.21. The molecule has 70 valence electrons. The molecule has 0 atom stereocenters. The van der Waals surface area contributed by atoms with Crippen molar-refractivity contribution in [2.45, 2.75) is 19.5 Å². The Hall–Kier alpha value is -0.990. The predicted molar refractivity (Wildman–Crippen MR) is 45.9 cm³/mol. The van der Waals surface area contributed by atoms with Gasteiger partial charge in [0.05, 0.1) is 5.57 Å². The zero-order chi connectivity index (χ0) is 10.2. The second-order valence-corrected chi connectivity index (χ2v) is 1.77. The summed E-state index contributed by atoms with van der Waals surface area (Å²) in [5.41, 5.74) is -0.657. The van der Waals surface area contributed by atoms with Gasteiger partial charge in [0.15, 0.2) is 0 Å². The Balaban J connectivity index is 0. The molecule has 0 saturated heterocycles. The topological polar surface area (TPSA) is 0 Å². The molecule has 0 radical (unpaired) electrons. The van der Waals surface area contributed by atoms with E-state index in [0.29, 0.717) is 6.42 Å². The Morgan fingerprint density at radius 1 is 1.33 bits per heavy atom. The fraction of sp³-hybridized carbons (Fsp3) is 0.333. The highest BCUT2D eigenvalue weighted by Gasteiger charge is 2.30. The molecule has 12 heavy (non-hydrogen) atoms. The predicted octanol–water partition coefficient (Wildman–Crippen LogP) is 3.87. The van der Waals surface area contributed by atoms with E-state index in [0.717, 1.165) is 12.2 Å². The lowest BCUT2D eigenvalue weighted by atomic mass is 10.2. The van der Waals surface area contributed by atoms with Gasteiger partial charge < -0.3 is 0 Å². The maximum Gasteiger partial charge on any atom is 0.416 e. The molecule has 0 unspecified atom stereocenters. The third-order valence-corrected chi connectivity index (χ3v) is 0.971. The van der Waals surface area contributed by atoms with Gasteiger partial charge in [-0.25, -0.2) is 0 Å². The Labute approximate surface area is 71.1 Å². The number of rotatable bonds is 2. The summed E-state index contributed by atoms with van der Waals surface area (Å²) in [4.78, 5) is 0. The van der Waals surface area contributed by atoms with E-state index in [4.69, 9.17) is 0 Å². The lowest BCUT2D eigenvalue weighted by molar-refractivity contribution is -0.0883. The van der Waals surface area contributed by atoms with Gasteiger partial charge in [0.2, 0.25) is 0 Å².